The molecule has 1 aromatic heterocycles. The Labute approximate surface area is 176 Å². The molecule has 8 heteroatoms. The van der Waals surface area contributed by atoms with E-state index in [2.05, 4.69) is 39.1 Å². The zero-order valence-electron chi connectivity index (χ0n) is 16.0. The van der Waals surface area contributed by atoms with Crippen LogP contribution in [0, 0.1) is 5.82 Å². The van der Waals surface area contributed by atoms with E-state index in [-0.39, 0.29) is 29.8 Å². The van der Waals surface area contributed by atoms with Crippen LogP contribution < -0.4 is 10.2 Å². The first-order valence-electron chi connectivity index (χ1n) is 8.98. The van der Waals surface area contributed by atoms with Crippen molar-refractivity contribution >= 4 is 35.6 Å². The van der Waals surface area contributed by atoms with Crippen molar-refractivity contribution < 1.29 is 8.91 Å². The highest BCUT2D eigenvalue weighted by atomic mass is 127. The number of aliphatic imine (C=N–C) groups is 1. The van der Waals surface area contributed by atoms with Gasteiger partial charge >= 0.3 is 0 Å². The average molecular weight is 487 g/mol. The minimum absolute atomic E-state index is 0. The minimum atomic E-state index is -0.204. The number of guanidine groups is 1. The maximum Gasteiger partial charge on any atom is 0.194 e. The van der Waals surface area contributed by atoms with Crippen molar-refractivity contribution in [3.05, 3.63) is 47.6 Å². The van der Waals surface area contributed by atoms with Crippen molar-refractivity contribution in [2.24, 2.45) is 4.99 Å². The number of nitrogens with one attached hydrogen (secondary N) is 1. The Bertz CT molecular complexity index is 739. The summed E-state index contributed by atoms with van der Waals surface area (Å²) in [5.41, 5.74) is 2.02. The first-order valence-corrected chi connectivity index (χ1v) is 8.98. The highest BCUT2D eigenvalue weighted by molar-refractivity contribution is 14.0. The van der Waals surface area contributed by atoms with Crippen molar-refractivity contribution in [2.45, 2.75) is 26.3 Å². The van der Waals surface area contributed by atoms with Gasteiger partial charge in [0, 0.05) is 45.0 Å². The van der Waals surface area contributed by atoms with E-state index in [1.54, 1.807) is 7.05 Å². The number of hydrogen-bond donors (Lipinski definition) is 1. The van der Waals surface area contributed by atoms with Gasteiger partial charge in [0.1, 0.15) is 5.82 Å². The summed E-state index contributed by atoms with van der Waals surface area (Å²) in [7, 11) is 1.79. The van der Waals surface area contributed by atoms with E-state index in [1.807, 2.05) is 18.2 Å². The highest BCUT2D eigenvalue weighted by Gasteiger charge is 2.20. The molecule has 0 unspecified atom stereocenters. The number of benzene rings is 1. The molecular formula is C19H27FIN5O. The van der Waals surface area contributed by atoms with Gasteiger partial charge in [0.25, 0.3) is 0 Å². The number of hydrogen-bond acceptors (Lipinski definition) is 4. The quantitative estimate of drug-likeness (QED) is 0.407. The van der Waals surface area contributed by atoms with E-state index >= 15 is 0 Å². The predicted molar refractivity (Wildman–Crippen MR) is 116 cm³/mol. The van der Waals surface area contributed by atoms with Gasteiger partial charge < -0.3 is 19.6 Å². The Balaban J connectivity index is 0.00000261. The lowest BCUT2D eigenvalue weighted by atomic mass is 10.1. The predicted octanol–water partition coefficient (Wildman–Crippen LogP) is 3.45. The van der Waals surface area contributed by atoms with Gasteiger partial charge in [-0.1, -0.05) is 19.0 Å². The third-order valence-electron chi connectivity index (χ3n) is 4.57. The zero-order chi connectivity index (χ0) is 18.5. The molecule has 0 spiro atoms. The first-order chi connectivity index (χ1) is 12.6. The Morgan fingerprint density at radius 3 is 2.44 bits per heavy atom. The maximum atomic E-state index is 13.1. The fourth-order valence-corrected chi connectivity index (χ4v) is 3.01. The fourth-order valence-electron chi connectivity index (χ4n) is 3.01. The van der Waals surface area contributed by atoms with Crippen LogP contribution in [0.4, 0.5) is 10.1 Å². The van der Waals surface area contributed by atoms with Crippen molar-refractivity contribution in [1.29, 1.82) is 0 Å². The van der Waals surface area contributed by atoms with E-state index in [9.17, 15) is 4.39 Å². The summed E-state index contributed by atoms with van der Waals surface area (Å²) >= 11 is 0. The monoisotopic (exact) mass is 487 g/mol. The molecule has 1 aliphatic heterocycles. The number of rotatable bonds is 4. The van der Waals surface area contributed by atoms with Gasteiger partial charge in [-0.2, -0.15) is 0 Å². The van der Waals surface area contributed by atoms with Crippen LogP contribution in [0.1, 0.15) is 31.2 Å². The van der Waals surface area contributed by atoms with Crippen LogP contribution in [0.2, 0.25) is 0 Å². The number of halogens is 2. The Morgan fingerprint density at radius 2 is 1.89 bits per heavy atom. The Kier molecular flexibility index (Phi) is 7.88. The second kappa shape index (κ2) is 9.91. The molecule has 148 valence electrons. The van der Waals surface area contributed by atoms with E-state index in [1.165, 1.54) is 12.1 Å². The lowest BCUT2D eigenvalue weighted by molar-refractivity contribution is 0.355. The summed E-state index contributed by atoms with van der Waals surface area (Å²) in [4.78, 5) is 8.86. The summed E-state index contributed by atoms with van der Waals surface area (Å²) in [5, 5.41) is 7.42. The summed E-state index contributed by atoms with van der Waals surface area (Å²) in [6.07, 6.45) is 0. The smallest absolute Gasteiger partial charge is 0.194 e. The standard InChI is InChI=1S/C19H26FN5O.HI/c1-14(2)18-12-17(26-23-18)13-22-19(21-3)25-10-8-24(9-11-25)16-6-4-15(20)5-7-16;/h4-7,12,14H,8-11,13H2,1-3H3,(H,21,22);1H. The van der Waals surface area contributed by atoms with Crippen molar-refractivity contribution in [2.75, 3.05) is 38.1 Å². The van der Waals surface area contributed by atoms with Crippen molar-refractivity contribution in [3.8, 4) is 0 Å². The molecule has 1 aromatic carbocycles. The van der Waals surface area contributed by atoms with Gasteiger partial charge in [0.2, 0.25) is 0 Å². The van der Waals surface area contributed by atoms with Crippen LogP contribution >= 0.6 is 24.0 Å². The molecule has 0 amide bonds. The van der Waals surface area contributed by atoms with Crippen molar-refractivity contribution in [3.63, 3.8) is 0 Å². The SMILES string of the molecule is CN=C(NCc1cc(C(C)C)no1)N1CCN(c2ccc(F)cc2)CC1.I. The average Bonchev–Trinajstić information content (AvgIpc) is 3.13. The molecule has 0 saturated carbocycles. The second-order valence-corrected chi connectivity index (χ2v) is 6.72. The normalized spacial score (nSPS) is 15.1. The summed E-state index contributed by atoms with van der Waals surface area (Å²) in [5.74, 6) is 1.81. The Morgan fingerprint density at radius 1 is 1.22 bits per heavy atom. The van der Waals surface area contributed by atoms with Gasteiger partial charge in [0.15, 0.2) is 11.7 Å². The van der Waals surface area contributed by atoms with Crippen LogP contribution in [-0.4, -0.2) is 49.2 Å². The number of anilines is 1. The summed E-state index contributed by atoms with van der Waals surface area (Å²) in [6, 6.07) is 8.65. The van der Waals surface area contributed by atoms with Gasteiger partial charge in [-0.25, -0.2) is 4.39 Å². The summed E-state index contributed by atoms with van der Waals surface area (Å²) < 4.78 is 18.4. The van der Waals surface area contributed by atoms with E-state index in [0.29, 0.717) is 12.5 Å². The molecule has 1 aliphatic rings. The summed E-state index contributed by atoms with van der Waals surface area (Å²) in [6.45, 7) is 8.18. The van der Waals surface area contributed by atoms with E-state index in [4.69, 9.17) is 4.52 Å². The number of nitrogens with zero attached hydrogens (tertiary/aromatic N) is 4. The number of aromatic nitrogens is 1. The van der Waals surface area contributed by atoms with E-state index < -0.39 is 0 Å². The first kappa shape index (κ1) is 21.5. The lowest BCUT2D eigenvalue weighted by Gasteiger charge is -2.37. The lowest BCUT2D eigenvalue weighted by Crippen LogP contribution is -2.52. The molecule has 27 heavy (non-hydrogen) atoms. The van der Waals surface area contributed by atoms with Gasteiger partial charge in [0.05, 0.1) is 12.2 Å². The fraction of sp³-hybridized carbons (Fsp3) is 0.474. The molecule has 0 radical (unpaired) electrons. The third kappa shape index (κ3) is 5.57. The largest absolute Gasteiger partial charge is 0.368 e. The van der Waals surface area contributed by atoms with E-state index in [0.717, 1.165) is 49.3 Å². The maximum absolute atomic E-state index is 13.1. The zero-order valence-corrected chi connectivity index (χ0v) is 18.3. The highest BCUT2D eigenvalue weighted by Crippen LogP contribution is 2.17. The topological polar surface area (TPSA) is 56.9 Å². The van der Waals surface area contributed by atoms with Gasteiger partial charge in [-0.15, -0.1) is 24.0 Å². The third-order valence-corrected chi connectivity index (χ3v) is 4.57. The molecular weight excluding hydrogens is 460 g/mol. The van der Waals surface area contributed by atoms with Crippen LogP contribution in [0.5, 0.6) is 0 Å². The molecule has 0 atom stereocenters. The molecule has 3 rings (SSSR count). The van der Waals surface area contributed by atoms with Crippen LogP contribution in [0.15, 0.2) is 39.8 Å². The molecule has 1 saturated heterocycles. The molecule has 6 nitrogen and oxygen atoms in total. The number of piperazine rings is 1. The molecule has 0 bridgehead atoms. The van der Waals surface area contributed by atoms with Crippen LogP contribution in [-0.2, 0) is 6.54 Å². The Hall–Kier alpha value is -1.84. The second-order valence-electron chi connectivity index (χ2n) is 6.72. The molecule has 1 fully saturated rings. The molecule has 2 heterocycles. The molecule has 2 aromatic rings. The van der Waals surface area contributed by atoms with Crippen LogP contribution in [0.3, 0.4) is 0 Å². The van der Waals surface area contributed by atoms with Crippen molar-refractivity contribution in [1.82, 2.24) is 15.4 Å². The van der Waals surface area contributed by atoms with Gasteiger partial charge in [-0.3, -0.25) is 4.99 Å². The molecule has 1 N–H and O–H groups in total. The van der Waals surface area contributed by atoms with Gasteiger partial charge in [-0.05, 0) is 30.2 Å². The minimum Gasteiger partial charge on any atom is -0.368 e. The van der Waals surface area contributed by atoms with Crippen LogP contribution in [0.25, 0.3) is 0 Å². The molecule has 0 aliphatic carbocycles.